The predicted molar refractivity (Wildman–Crippen MR) is 107 cm³/mol. The van der Waals surface area contributed by atoms with E-state index in [1.165, 1.54) is 11.3 Å². The van der Waals surface area contributed by atoms with Crippen LogP contribution in [0, 0.1) is 5.92 Å². The minimum Gasteiger partial charge on any atom is -0.352 e. The first-order valence-corrected chi connectivity index (χ1v) is 10.4. The first-order chi connectivity index (χ1) is 13.6. The summed E-state index contributed by atoms with van der Waals surface area (Å²) in [7, 11) is 0. The van der Waals surface area contributed by atoms with Crippen LogP contribution >= 0.6 is 11.3 Å². The van der Waals surface area contributed by atoms with E-state index in [1.807, 2.05) is 29.6 Å². The molecular weight excluding hydrogens is 376 g/mol. The molecule has 4 rings (SSSR count). The summed E-state index contributed by atoms with van der Waals surface area (Å²) in [5.41, 5.74) is 2.34. The number of amides is 3. The van der Waals surface area contributed by atoms with Crippen molar-refractivity contribution in [1.29, 1.82) is 0 Å². The molecule has 0 unspecified atom stereocenters. The van der Waals surface area contributed by atoms with Crippen LogP contribution in [0.5, 0.6) is 0 Å². The highest BCUT2D eigenvalue weighted by molar-refractivity contribution is 7.14. The number of hydrogen-bond donors (Lipinski definition) is 2. The maximum Gasteiger partial charge on any atom is 0.228 e. The van der Waals surface area contributed by atoms with Gasteiger partial charge in [0, 0.05) is 36.5 Å². The van der Waals surface area contributed by atoms with Gasteiger partial charge >= 0.3 is 0 Å². The first-order valence-electron chi connectivity index (χ1n) is 9.50. The van der Waals surface area contributed by atoms with Crippen LogP contribution in [0.3, 0.4) is 0 Å². The Kier molecular flexibility index (Phi) is 5.38. The Morgan fingerprint density at radius 2 is 2.14 bits per heavy atom. The summed E-state index contributed by atoms with van der Waals surface area (Å²) >= 11 is 1.40. The molecule has 0 bridgehead atoms. The van der Waals surface area contributed by atoms with Gasteiger partial charge in [-0.2, -0.15) is 0 Å². The highest BCUT2D eigenvalue weighted by atomic mass is 32.1. The number of anilines is 2. The molecule has 0 atom stereocenters. The van der Waals surface area contributed by atoms with Crippen molar-refractivity contribution in [2.45, 2.75) is 38.6 Å². The van der Waals surface area contributed by atoms with E-state index in [-0.39, 0.29) is 30.1 Å². The van der Waals surface area contributed by atoms with Gasteiger partial charge in [0.05, 0.1) is 12.1 Å². The molecule has 1 aromatic heterocycles. The molecule has 8 heteroatoms. The van der Waals surface area contributed by atoms with Gasteiger partial charge in [0.2, 0.25) is 17.7 Å². The summed E-state index contributed by atoms with van der Waals surface area (Å²) in [5.74, 6) is 0.190. The average Bonchev–Trinajstić information content (AvgIpc) is 3.30. The Morgan fingerprint density at radius 3 is 2.89 bits per heavy atom. The normalized spacial score (nSPS) is 16.3. The van der Waals surface area contributed by atoms with Gasteiger partial charge < -0.3 is 10.6 Å². The third-order valence-electron chi connectivity index (χ3n) is 4.82. The first kappa shape index (κ1) is 18.6. The zero-order valence-corrected chi connectivity index (χ0v) is 16.3. The molecule has 0 radical (unpaired) electrons. The molecule has 1 aromatic carbocycles. The van der Waals surface area contributed by atoms with Crippen molar-refractivity contribution >= 4 is 39.9 Å². The largest absolute Gasteiger partial charge is 0.352 e. The highest BCUT2D eigenvalue weighted by Crippen LogP contribution is 2.30. The molecule has 0 spiro atoms. The van der Waals surface area contributed by atoms with E-state index in [0.29, 0.717) is 30.3 Å². The van der Waals surface area contributed by atoms with Crippen LogP contribution in [-0.4, -0.2) is 29.3 Å². The summed E-state index contributed by atoms with van der Waals surface area (Å²) in [4.78, 5) is 42.0. The Morgan fingerprint density at radius 1 is 1.29 bits per heavy atom. The number of benzene rings is 1. The van der Waals surface area contributed by atoms with Crippen molar-refractivity contribution in [1.82, 2.24) is 10.3 Å². The van der Waals surface area contributed by atoms with Crippen LogP contribution in [0.15, 0.2) is 29.6 Å². The molecule has 2 heterocycles. The number of thiazole rings is 1. The van der Waals surface area contributed by atoms with Crippen LogP contribution in [0.1, 0.15) is 36.9 Å². The molecule has 2 aromatic rings. The lowest BCUT2D eigenvalue weighted by atomic mass is 10.2. The molecule has 2 N–H and O–H groups in total. The smallest absolute Gasteiger partial charge is 0.228 e. The van der Waals surface area contributed by atoms with Crippen molar-refractivity contribution < 1.29 is 14.4 Å². The van der Waals surface area contributed by atoms with Crippen molar-refractivity contribution in [2.24, 2.45) is 5.92 Å². The third kappa shape index (κ3) is 4.56. The molecule has 7 nitrogen and oxygen atoms in total. The second kappa shape index (κ2) is 8.10. The lowest BCUT2D eigenvalue weighted by Crippen LogP contribution is -2.25. The summed E-state index contributed by atoms with van der Waals surface area (Å²) in [6.07, 6.45) is 3.53. The number of nitrogens with one attached hydrogen (secondary N) is 2. The minimum atomic E-state index is -0.128. The van der Waals surface area contributed by atoms with Crippen LogP contribution in [-0.2, 0) is 27.3 Å². The second-order valence-corrected chi connectivity index (χ2v) is 8.02. The number of carbonyl (C=O) groups excluding carboxylic acids is 3. The number of rotatable bonds is 7. The maximum absolute atomic E-state index is 12.2. The lowest BCUT2D eigenvalue weighted by Gasteiger charge is -2.10. The van der Waals surface area contributed by atoms with Gasteiger partial charge in [0.1, 0.15) is 0 Å². The Labute approximate surface area is 167 Å². The van der Waals surface area contributed by atoms with E-state index >= 15 is 0 Å². The van der Waals surface area contributed by atoms with Gasteiger partial charge in [-0.15, -0.1) is 11.3 Å². The average molecular weight is 398 g/mol. The van der Waals surface area contributed by atoms with E-state index < -0.39 is 0 Å². The number of carbonyl (C=O) groups is 3. The molecule has 1 aliphatic heterocycles. The van der Waals surface area contributed by atoms with E-state index in [2.05, 4.69) is 15.6 Å². The molecule has 1 aliphatic carbocycles. The molecule has 2 fully saturated rings. The maximum atomic E-state index is 12.2. The highest BCUT2D eigenvalue weighted by Gasteiger charge is 2.29. The van der Waals surface area contributed by atoms with Crippen molar-refractivity contribution in [2.75, 3.05) is 16.8 Å². The van der Waals surface area contributed by atoms with Gasteiger partial charge in [-0.05, 0) is 37.0 Å². The topological polar surface area (TPSA) is 91.4 Å². The SMILES string of the molecule is O=C(Cc1csc(N2CCCC2=O)n1)NCc1cccc(NC(=O)C2CC2)c1. The Balaban J connectivity index is 1.28. The molecule has 3 amide bonds. The number of nitrogens with zero attached hydrogens (tertiary/aromatic N) is 2. The zero-order valence-electron chi connectivity index (χ0n) is 15.4. The van der Waals surface area contributed by atoms with Crippen LogP contribution in [0.4, 0.5) is 10.8 Å². The van der Waals surface area contributed by atoms with E-state index in [0.717, 1.165) is 30.5 Å². The molecule has 28 heavy (non-hydrogen) atoms. The number of hydrogen-bond acceptors (Lipinski definition) is 5. The predicted octanol–water partition coefficient (Wildman–Crippen LogP) is 2.48. The molecule has 1 saturated heterocycles. The van der Waals surface area contributed by atoms with E-state index in [9.17, 15) is 14.4 Å². The molecule has 1 saturated carbocycles. The van der Waals surface area contributed by atoms with Gasteiger partial charge in [0.15, 0.2) is 5.13 Å². The fourth-order valence-electron chi connectivity index (χ4n) is 3.13. The van der Waals surface area contributed by atoms with Gasteiger partial charge in [0.25, 0.3) is 0 Å². The van der Waals surface area contributed by atoms with Crippen molar-refractivity contribution in [3.05, 3.63) is 40.9 Å². The fraction of sp³-hybridized carbons (Fsp3) is 0.400. The van der Waals surface area contributed by atoms with Crippen LogP contribution in [0.25, 0.3) is 0 Å². The zero-order chi connectivity index (χ0) is 19.5. The molecule has 146 valence electrons. The van der Waals surface area contributed by atoms with Crippen molar-refractivity contribution in [3.8, 4) is 0 Å². The monoisotopic (exact) mass is 398 g/mol. The van der Waals surface area contributed by atoms with Gasteiger partial charge in [-0.25, -0.2) is 4.98 Å². The Hall–Kier alpha value is -2.74. The van der Waals surface area contributed by atoms with E-state index in [1.54, 1.807) is 4.90 Å². The van der Waals surface area contributed by atoms with Gasteiger partial charge in [-0.1, -0.05) is 12.1 Å². The summed E-state index contributed by atoms with van der Waals surface area (Å²) in [5, 5.41) is 8.29. The van der Waals surface area contributed by atoms with E-state index in [4.69, 9.17) is 0 Å². The third-order valence-corrected chi connectivity index (χ3v) is 5.73. The second-order valence-electron chi connectivity index (χ2n) is 7.19. The standard InChI is InChI=1S/C20H22N4O3S/c25-17(10-16-12-28-20(23-16)24-8-2-5-18(24)26)21-11-13-3-1-4-15(9-13)22-19(27)14-6-7-14/h1,3-4,9,12,14H,2,5-8,10-11H2,(H,21,25)(H,22,27). The van der Waals surface area contributed by atoms with Crippen molar-refractivity contribution in [3.63, 3.8) is 0 Å². The lowest BCUT2D eigenvalue weighted by molar-refractivity contribution is -0.120. The molecule has 2 aliphatic rings. The number of aromatic nitrogens is 1. The summed E-state index contributed by atoms with van der Waals surface area (Å²) in [6.45, 7) is 1.08. The minimum absolute atomic E-state index is 0.0667. The fourth-order valence-corrected chi connectivity index (χ4v) is 4.00. The van der Waals surface area contributed by atoms with Crippen LogP contribution in [0.2, 0.25) is 0 Å². The summed E-state index contributed by atoms with van der Waals surface area (Å²) in [6, 6.07) is 7.50. The van der Waals surface area contributed by atoms with Crippen LogP contribution < -0.4 is 15.5 Å². The molecular formula is C20H22N4O3S. The Bertz CT molecular complexity index is 906. The quantitative estimate of drug-likeness (QED) is 0.750. The summed E-state index contributed by atoms with van der Waals surface area (Å²) < 4.78 is 0. The van der Waals surface area contributed by atoms with Gasteiger partial charge in [-0.3, -0.25) is 19.3 Å².